The predicted octanol–water partition coefficient (Wildman–Crippen LogP) is 0.678. The molecule has 9 heteroatoms. The number of carbonyl (C=O) groups excluding carboxylic acids is 1. The number of carbonyl (C=O) groups is 2. The molecule has 0 bridgehead atoms. The molecule has 0 aromatic carbocycles. The molecule has 0 aliphatic heterocycles. The van der Waals surface area contributed by atoms with Crippen molar-refractivity contribution in [1.29, 1.82) is 0 Å². The molecule has 1 aromatic heterocycles. The van der Waals surface area contributed by atoms with Gasteiger partial charge in [0.15, 0.2) is 0 Å². The summed E-state index contributed by atoms with van der Waals surface area (Å²) in [4.78, 5) is 22.9. The van der Waals surface area contributed by atoms with E-state index >= 15 is 0 Å². The van der Waals surface area contributed by atoms with Gasteiger partial charge < -0.3 is 15.2 Å². The number of aliphatic carboxylic acids is 1. The highest BCUT2D eigenvalue weighted by Gasteiger charge is 2.25. The minimum Gasteiger partial charge on any atom is -0.480 e. The lowest BCUT2D eigenvalue weighted by molar-refractivity contribution is -0.139. The number of nitrogens with one attached hydrogen (secondary N) is 1. The second-order valence-electron chi connectivity index (χ2n) is 5.79. The van der Waals surface area contributed by atoms with Gasteiger partial charge in [-0.1, -0.05) is 0 Å². The van der Waals surface area contributed by atoms with Gasteiger partial charge in [-0.15, -0.1) is 0 Å². The van der Waals surface area contributed by atoms with Crippen LogP contribution in [0.15, 0.2) is 11.1 Å². The van der Waals surface area contributed by atoms with Crippen molar-refractivity contribution in [3.8, 4) is 0 Å². The van der Waals surface area contributed by atoms with Crippen LogP contribution in [0.5, 0.6) is 0 Å². The van der Waals surface area contributed by atoms with Gasteiger partial charge >= 0.3 is 12.1 Å². The van der Waals surface area contributed by atoms with E-state index in [0.29, 0.717) is 10.7 Å². The number of amides is 1. The van der Waals surface area contributed by atoms with E-state index < -0.39 is 34.5 Å². The number of aryl methyl sites for hydroxylation is 1. The molecule has 1 unspecified atom stereocenters. The van der Waals surface area contributed by atoms with Crippen LogP contribution in [0.4, 0.5) is 4.79 Å². The quantitative estimate of drug-likeness (QED) is 0.821. The average molecular weight is 331 g/mol. The van der Waals surface area contributed by atoms with Crippen molar-refractivity contribution in [2.45, 2.75) is 43.9 Å². The van der Waals surface area contributed by atoms with Crippen molar-refractivity contribution in [2.24, 2.45) is 7.05 Å². The summed E-state index contributed by atoms with van der Waals surface area (Å²) in [7, 11) is 0.394. The molecule has 0 spiro atoms. The summed E-state index contributed by atoms with van der Waals surface area (Å²) in [5.41, 5.74) is -0.291. The molecule has 1 aromatic rings. The molecule has 1 amide bonds. The number of aromatic nitrogens is 2. The SMILES string of the molecule is Cn1nc(C[C@H](NC(=O)OC(C)(C)C)C(=O)O)cc1S(C)=O. The number of alkyl carbamates (subject to hydrolysis) is 1. The van der Waals surface area contributed by atoms with Crippen LogP contribution in [0.1, 0.15) is 26.5 Å². The molecule has 2 N–H and O–H groups in total. The van der Waals surface area contributed by atoms with Gasteiger partial charge in [-0.3, -0.25) is 8.89 Å². The van der Waals surface area contributed by atoms with Crippen LogP contribution in [0.25, 0.3) is 0 Å². The normalized spacial score (nSPS) is 14.2. The Kier molecular flexibility index (Phi) is 5.70. The van der Waals surface area contributed by atoms with Crippen molar-refractivity contribution in [3.63, 3.8) is 0 Å². The zero-order valence-corrected chi connectivity index (χ0v) is 14.1. The zero-order valence-electron chi connectivity index (χ0n) is 13.2. The van der Waals surface area contributed by atoms with Gasteiger partial charge in [-0.05, 0) is 26.8 Å². The van der Waals surface area contributed by atoms with Crippen LogP contribution in [0, 0.1) is 0 Å². The number of carboxylic acid groups (broad SMARTS) is 1. The fourth-order valence-electron chi connectivity index (χ4n) is 1.73. The van der Waals surface area contributed by atoms with E-state index in [-0.39, 0.29) is 6.42 Å². The summed E-state index contributed by atoms with van der Waals surface area (Å²) in [6.45, 7) is 5.05. The number of carboxylic acids is 1. The summed E-state index contributed by atoms with van der Waals surface area (Å²) in [5, 5.41) is 16.1. The van der Waals surface area contributed by atoms with Gasteiger partial charge in [0.2, 0.25) is 0 Å². The van der Waals surface area contributed by atoms with E-state index in [1.54, 1.807) is 33.9 Å². The van der Waals surface area contributed by atoms with Crippen LogP contribution >= 0.6 is 0 Å². The number of ether oxygens (including phenoxy) is 1. The Morgan fingerprint density at radius 1 is 1.50 bits per heavy atom. The third kappa shape index (κ3) is 5.47. The molecule has 1 rings (SSSR count). The van der Waals surface area contributed by atoms with E-state index in [0.717, 1.165) is 0 Å². The van der Waals surface area contributed by atoms with Crippen molar-refractivity contribution < 1.29 is 23.6 Å². The summed E-state index contributed by atoms with van der Waals surface area (Å²) in [6, 6.07) is 0.380. The molecule has 0 radical (unpaired) electrons. The Labute approximate surface area is 131 Å². The Bertz CT molecular complexity index is 591. The van der Waals surface area contributed by atoms with Gasteiger partial charge in [0.05, 0.1) is 16.5 Å². The number of rotatable bonds is 5. The minimum atomic E-state index is -1.23. The maximum Gasteiger partial charge on any atom is 0.408 e. The standard InChI is InChI=1S/C13H21N3O5S/c1-13(2,3)21-12(19)14-9(11(17)18)6-8-7-10(22(5)20)16(4)15-8/h7,9H,6H2,1-5H3,(H,14,19)(H,17,18)/t9-,22?/m0/s1. The van der Waals surface area contributed by atoms with E-state index in [4.69, 9.17) is 4.74 Å². The Morgan fingerprint density at radius 2 is 2.09 bits per heavy atom. The molecule has 22 heavy (non-hydrogen) atoms. The third-order valence-corrected chi connectivity index (χ3v) is 3.56. The Hall–Kier alpha value is -1.90. The first-order valence-corrected chi connectivity index (χ1v) is 8.14. The van der Waals surface area contributed by atoms with E-state index in [1.807, 2.05) is 0 Å². The van der Waals surface area contributed by atoms with Crippen molar-refractivity contribution >= 4 is 22.9 Å². The van der Waals surface area contributed by atoms with Gasteiger partial charge in [0.1, 0.15) is 16.7 Å². The Morgan fingerprint density at radius 3 is 2.50 bits per heavy atom. The highest BCUT2D eigenvalue weighted by atomic mass is 32.2. The maximum atomic E-state index is 11.7. The van der Waals surface area contributed by atoms with Crippen molar-refractivity contribution in [2.75, 3.05) is 6.26 Å². The van der Waals surface area contributed by atoms with Crippen LogP contribution < -0.4 is 5.32 Å². The molecular weight excluding hydrogens is 310 g/mol. The maximum absolute atomic E-state index is 11.7. The molecule has 2 atom stereocenters. The first kappa shape index (κ1) is 18.1. The van der Waals surface area contributed by atoms with Gasteiger partial charge in [0.25, 0.3) is 0 Å². The van der Waals surface area contributed by atoms with Crippen LogP contribution in [0.3, 0.4) is 0 Å². The minimum absolute atomic E-state index is 0.0282. The summed E-state index contributed by atoms with van der Waals surface area (Å²) in [5.74, 6) is -1.20. The highest BCUT2D eigenvalue weighted by molar-refractivity contribution is 7.84. The lowest BCUT2D eigenvalue weighted by atomic mass is 10.1. The fraction of sp³-hybridized carbons (Fsp3) is 0.615. The number of hydrogen-bond donors (Lipinski definition) is 2. The summed E-state index contributed by atoms with van der Waals surface area (Å²) >= 11 is 0. The second-order valence-corrected chi connectivity index (χ2v) is 7.12. The molecule has 0 aliphatic carbocycles. The molecule has 1 heterocycles. The third-order valence-electron chi connectivity index (χ3n) is 2.58. The van der Waals surface area contributed by atoms with Gasteiger partial charge in [0, 0.05) is 19.7 Å². The lowest BCUT2D eigenvalue weighted by Gasteiger charge is -2.21. The van der Waals surface area contributed by atoms with Crippen LogP contribution in [-0.4, -0.2) is 49.1 Å². The van der Waals surface area contributed by atoms with Crippen LogP contribution in [0.2, 0.25) is 0 Å². The molecule has 124 valence electrons. The van der Waals surface area contributed by atoms with Crippen molar-refractivity contribution in [3.05, 3.63) is 11.8 Å². The first-order valence-electron chi connectivity index (χ1n) is 6.58. The molecule has 8 nitrogen and oxygen atoms in total. The van der Waals surface area contributed by atoms with E-state index in [1.165, 1.54) is 10.9 Å². The monoisotopic (exact) mass is 331 g/mol. The average Bonchev–Trinajstić information content (AvgIpc) is 2.66. The number of hydrogen-bond acceptors (Lipinski definition) is 5. The molecular formula is C13H21N3O5S. The van der Waals surface area contributed by atoms with Crippen molar-refractivity contribution in [1.82, 2.24) is 15.1 Å². The first-order chi connectivity index (χ1) is 9.99. The topological polar surface area (TPSA) is 111 Å². The van der Waals surface area contributed by atoms with Crippen LogP contribution in [-0.2, 0) is 33.8 Å². The summed E-state index contributed by atoms with van der Waals surface area (Å²) < 4.78 is 17.9. The lowest BCUT2D eigenvalue weighted by Crippen LogP contribution is -2.44. The fourth-order valence-corrected chi connectivity index (χ4v) is 2.45. The smallest absolute Gasteiger partial charge is 0.408 e. The van der Waals surface area contributed by atoms with E-state index in [2.05, 4.69) is 10.4 Å². The molecule has 0 saturated carbocycles. The Balaban J connectivity index is 2.81. The highest BCUT2D eigenvalue weighted by Crippen LogP contribution is 2.11. The predicted molar refractivity (Wildman–Crippen MR) is 80.0 cm³/mol. The van der Waals surface area contributed by atoms with E-state index in [9.17, 15) is 18.9 Å². The largest absolute Gasteiger partial charge is 0.480 e. The zero-order chi connectivity index (χ0) is 17.1. The van der Waals surface area contributed by atoms with Gasteiger partial charge in [-0.2, -0.15) is 5.10 Å². The molecule has 0 saturated heterocycles. The number of nitrogens with zero attached hydrogens (tertiary/aromatic N) is 2. The molecule has 0 fully saturated rings. The van der Waals surface area contributed by atoms with Gasteiger partial charge in [-0.25, -0.2) is 9.59 Å². The molecule has 0 aliphatic rings. The second kappa shape index (κ2) is 6.91. The summed E-state index contributed by atoms with van der Waals surface area (Å²) in [6.07, 6.45) is 0.670.